The van der Waals surface area contributed by atoms with Gasteiger partial charge in [-0.2, -0.15) is 5.26 Å². The van der Waals surface area contributed by atoms with Crippen LogP contribution in [-0.4, -0.2) is 36.7 Å². The number of nitriles is 1. The van der Waals surface area contributed by atoms with Crippen LogP contribution in [0.4, 0.5) is 0 Å². The fraction of sp³-hybridized carbons (Fsp3) is 0.214. The second kappa shape index (κ2) is 7.48. The average Bonchev–Trinajstić information content (AvgIpc) is 2.74. The number of halogens is 2. The van der Waals surface area contributed by atoms with E-state index >= 15 is 0 Å². The Morgan fingerprint density at radius 1 is 1.59 bits per heavy atom. The molecular formula is C14H11BrIN3O2S. The first-order chi connectivity index (χ1) is 10.5. The molecule has 0 aliphatic carbocycles. The molecule has 5 nitrogen and oxygen atoms in total. The summed E-state index contributed by atoms with van der Waals surface area (Å²) >= 11 is 6.92. The fourth-order valence-corrected chi connectivity index (χ4v) is 4.50. The van der Waals surface area contributed by atoms with Crippen LogP contribution in [0, 0.1) is 14.9 Å². The Labute approximate surface area is 154 Å². The Morgan fingerprint density at radius 3 is 2.86 bits per heavy atom. The number of amides is 1. The molecule has 0 aromatic heterocycles. The standard InChI is InChI=1S/C14H11BrIN3O2S/c1-18-14-19(2)13(20)11(22-14)7-8-5-9(15)12(10(16)6-8)21-4-3-17/h5-7H,4H2,1-2H3/b11-7-,18-14?. The van der Waals surface area contributed by atoms with Crippen LogP contribution in [-0.2, 0) is 4.79 Å². The zero-order chi connectivity index (χ0) is 16.3. The van der Waals surface area contributed by atoms with Crippen molar-refractivity contribution < 1.29 is 9.53 Å². The fourth-order valence-electron chi connectivity index (χ4n) is 1.81. The van der Waals surface area contributed by atoms with Gasteiger partial charge in [-0.05, 0) is 74.1 Å². The van der Waals surface area contributed by atoms with Crippen LogP contribution in [0.5, 0.6) is 5.75 Å². The molecule has 2 rings (SSSR count). The minimum Gasteiger partial charge on any atom is -0.476 e. The lowest BCUT2D eigenvalue weighted by Crippen LogP contribution is -2.23. The molecule has 1 fully saturated rings. The Balaban J connectivity index is 2.34. The van der Waals surface area contributed by atoms with Gasteiger partial charge in [0, 0.05) is 14.1 Å². The highest BCUT2D eigenvalue weighted by molar-refractivity contribution is 14.1. The van der Waals surface area contributed by atoms with Gasteiger partial charge in [0.25, 0.3) is 5.91 Å². The highest BCUT2D eigenvalue weighted by Gasteiger charge is 2.29. The summed E-state index contributed by atoms with van der Waals surface area (Å²) in [5.41, 5.74) is 0.877. The van der Waals surface area contributed by atoms with Crippen molar-refractivity contribution in [3.8, 4) is 11.8 Å². The summed E-state index contributed by atoms with van der Waals surface area (Å²) in [4.78, 5) is 18.4. The van der Waals surface area contributed by atoms with Crippen molar-refractivity contribution in [3.05, 3.63) is 30.6 Å². The number of benzene rings is 1. The van der Waals surface area contributed by atoms with E-state index in [0.717, 1.165) is 13.6 Å². The topological polar surface area (TPSA) is 65.7 Å². The lowest BCUT2D eigenvalue weighted by Gasteiger charge is -2.09. The van der Waals surface area contributed by atoms with Crippen molar-refractivity contribution in [2.45, 2.75) is 0 Å². The molecule has 1 saturated heterocycles. The second-order valence-electron chi connectivity index (χ2n) is 4.24. The van der Waals surface area contributed by atoms with Crippen molar-refractivity contribution in [2.24, 2.45) is 4.99 Å². The zero-order valence-corrected chi connectivity index (χ0v) is 16.3. The van der Waals surface area contributed by atoms with Crippen LogP contribution in [0.2, 0.25) is 0 Å². The molecule has 1 amide bonds. The van der Waals surface area contributed by atoms with Crippen molar-refractivity contribution in [1.29, 1.82) is 5.26 Å². The summed E-state index contributed by atoms with van der Waals surface area (Å²) in [5.74, 6) is 0.559. The maximum Gasteiger partial charge on any atom is 0.266 e. The van der Waals surface area contributed by atoms with Gasteiger partial charge in [-0.3, -0.25) is 14.7 Å². The van der Waals surface area contributed by atoms with Gasteiger partial charge >= 0.3 is 0 Å². The van der Waals surface area contributed by atoms with Crippen molar-refractivity contribution in [2.75, 3.05) is 20.7 Å². The number of likely N-dealkylation sites (N-methyl/N-ethyl adjacent to an activating group) is 1. The van der Waals surface area contributed by atoms with Crippen molar-refractivity contribution >= 4 is 67.4 Å². The molecule has 0 N–H and O–H groups in total. The number of carbonyl (C=O) groups excluding carboxylic acids is 1. The quantitative estimate of drug-likeness (QED) is 0.479. The zero-order valence-electron chi connectivity index (χ0n) is 11.8. The summed E-state index contributed by atoms with van der Waals surface area (Å²) in [6.45, 7) is -0.00943. The van der Waals surface area contributed by atoms with Gasteiger partial charge in [-0.25, -0.2) is 0 Å². The second-order valence-corrected chi connectivity index (χ2v) is 7.27. The molecule has 0 radical (unpaired) electrons. The highest BCUT2D eigenvalue weighted by Crippen LogP contribution is 2.35. The first kappa shape index (κ1) is 17.3. The Bertz CT molecular complexity index is 704. The summed E-state index contributed by atoms with van der Waals surface area (Å²) < 4.78 is 6.99. The monoisotopic (exact) mass is 491 g/mol. The summed E-state index contributed by atoms with van der Waals surface area (Å²) in [6.07, 6.45) is 1.82. The van der Waals surface area contributed by atoms with E-state index in [4.69, 9.17) is 10.00 Å². The predicted molar refractivity (Wildman–Crippen MR) is 99.7 cm³/mol. The van der Waals surface area contributed by atoms with Crippen LogP contribution in [0.15, 0.2) is 26.5 Å². The molecule has 114 valence electrons. The van der Waals surface area contributed by atoms with Gasteiger partial charge < -0.3 is 4.74 Å². The van der Waals surface area contributed by atoms with Gasteiger partial charge in [0.15, 0.2) is 11.8 Å². The third-order valence-corrected chi connectivity index (χ3v) is 5.34. The van der Waals surface area contributed by atoms with Crippen LogP contribution < -0.4 is 4.74 Å². The summed E-state index contributed by atoms with van der Waals surface area (Å²) in [6, 6.07) is 5.70. The molecule has 0 unspecified atom stereocenters. The molecular weight excluding hydrogens is 481 g/mol. The summed E-state index contributed by atoms with van der Waals surface area (Å²) in [5, 5.41) is 9.28. The van der Waals surface area contributed by atoms with Gasteiger partial charge in [0.1, 0.15) is 11.8 Å². The third kappa shape index (κ3) is 3.64. The van der Waals surface area contributed by atoms with Crippen LogP contribution in [0.1, 0.15) is 5.56 Å². The predicted octanol–water partition coefficient (Wildman–Crippen LogP) is 3.49. The number of carbonyl (C=O) groups is 1. The van der Waals surface area contributed by atoms with Gasteiger partial charge in [-0.1, -0.05) is 0 Å². The SMILES string of the molecule is CN=C1S/C(=C\c2cc(Br)c(OCC#N)c(I)c2)C(=O)N1C. The van der Waals surface area contributed by atoms with Crippen molar-refractivity contribution in [1.82, 2.24) is 4.90 Å². The lowest BCUT2D eigenvalue weighted by molar-refractivity contribution is -0.121. The first-order valence-electron chi connectivity index (χ1n) is 6.11. The van der Waals surface area contributed by atoms with Crippen LogP contribution in [0.25, 0.3) is 6.08 Å². The molecule has 1 aromatic carbocycles. The number of aliphatic imine (C=N–C) groups is 1. The average molecular weight is 492 g/mol. The van der Waals surface area contributed by atoms with Gasteiger partial charge in [-0.15, -0.1) is 0 Å². The minimum atomic E-state index is -0.0680. The molecule has 0 spiro atoms. The van der Waals surface area contributed by atoms with Crippen molar-refractivity contribution in [3.63, 3.8) is 0 Å². The molecule has 1 heterocycles. The number of ether oxygens (including phenoxy) is 1. The molecule has 1 aliphatic heterocycles. The van der Waals surface area contributed by atoms with Crippen LogP contribution in [0.3, 0.4) is 0 Å². The van der Waals surface area contributed by atoms with E-state index in [1.165, 1.54) is 16.7 Å². The number of nitrogens with zero attached hydrogens (tertiary/aromatic N) is 3. The molecule has 0 bridgehead atoms. The Kier molecular flexibility index (Phi) is 5.88. The van der Waals surface area contributed by atoms with E-state index in [-0.39, 0.29) is 12.5 Å². The van der Waals surface area contributed by atoms with Gasteiger partial charge in [0.05, 0.1) is 12.9 Å². The normalized spacial score (nSPS) is 18.1. The smallest absolute Gasteiger partial charge is 0.266 e. The first-order valence-corrected chi connectivity index (χ1v) is 8.80. The number of hydrogen-bond acceptors (Lipinski definition) is 5. The molecule has 1 aliphatic rings. The number of rotatable bonds is 3. The molecule has 0 atom stereocenters. The van der Waals surface area contributed by atoms with E-state index in [1.807, 2.05) is 24.3 Å². The van der Waals surface area contributed by atoms with E-state index < -0.39 is 0 Å². The third-order valence-electron chi connectivity index (χ3n) is 2.79. The maximum absolute atomic E-state index is 12.1. The molecule has 0 saturated carbocycles. The van der Waals surface area contributed by atoms with E-state index in [1.54, 1.807) is 14.1 Å². The van der Waals surface area contributed by atoms with E-state index in [9.17, 15) is 4.79 Å². The highest BCUT2D eigenvalue weighted by atomic mass is 127. The largest absolute Gasteiger partial charge is 0.476 e. The van der Waals surface area contributed by atoms with E-state index in [0.29, 0.717) is 15.8 Å². The molecule has 8 heteroatoms. The van der Waals surface area contributed by atoms with Gasteiger partial charge in [0.2, 0.25) is 0 Å². The number of amidine groups is 1. The van der Waals surface area contributed by atoms with E-state index in [2.05, 4.69) is 43.5 Å². The maximum atomic E-state index is 12.1. The molecule has 1 aromatic rings. The Morgan fingerprint density at radius 2 is 2.32 bits per heavy atom. The van der Waals surface area contributed by atoms with Crippen LogP contribution >= 0.6 is 50.3 Å². The minimum absolute atomic E-state index is 0.00943. The molecule has 22 heavy (non-hydrogen) atoms. The lowest BCUT2D eigenvalue weighted by atomic mass is 10.2. The number of thioether (sulfide) groups is 1. The number of hydrogen-bond donors (Lipinski definition) is 0. The summed E-state index contributed by atoms with van der Waals surface area (Å²) in [7, 11) is 3.37. The Hall–Kier alpha value is -1.05.